The summed E-state index contributed by atoms with van der Waals surface area (Å²) in [7, 11) is 0. The maximum Gasteiger partial charge on any atom is 0.331 e. The lowest BCUT2D eigenvalue weighted by Crippen LogP contribution is -2.36. The molecule has 0 radical (unpaired) electrons. The van der Waals surface area contributed by atoms with Crippen molar-refractivity contribution < 1.29 is 19.4 Å². The van der Waals surface area contributed by atoms with Gasteiger partial charge in [-0.3, -0.25) is 4.79 Å². The highest BCUT2D eigenvalue weighted by Gasteiger charge is 2.39. The van der Waals surface area contributed by atoms with Gasteiger partial charge in [0.15, 0.2) is 0 Å². The van der Waals surface area contributed by atoms with Gasteiger partial charge in [-0.2, -0.15) is 0 Å². The van der Waals surface area contributed by atoms with Crippen LogP contribution in [0.2, 0.25) is 0 Å². The molecule has 0 spiro atoms. The molecule has 2 aromatic rings. The summed E-state index contributed by atoms with van der Waals surface area (Å²) in [5, 5.41) is 9.11. The van der Waals surface area contributed by atoms with E-state index in [0.717, 1.165) is 17.5 Å². The molecule has 1 aliphatic heterocycles. The summed E-state index contributed by atoms with van der Waals surface area (Å²) in [6.45, 7) is 0. The van der Waals surface area contributed by atoms with Gasteiger partial charge in [-0.15, -0.1) is 0 Å². The predicted octanol–water partition coefficient (Wildman–Crippen LogP) is 3.86. The molecule has 0 aromatic heterocycles. The molecule has 3 rings (SSSR count). The number of benzene rings is 2. The van der Waals surface area contributed by atoms with E-state index in [1.54, 1.807) is 0 Å². The van der Waals surface area contributed by atoms with Crippen molar-refractivity contribution in [3.63, 3.8) is 0 Å². The Morgan fingerprint density at radius 2 is 1.68 bits per heavy atom. The number of hydrogen-bond acceptors (Lipinski definition) is 3. The van der Waals surface area contributed by atoms with E-state index in [4.69, 9.17) is 9.84 Å². The molecule has 25 heavy (non-hydrogen) atoms. The minimum absolute atomic E-state index is 0.144. The molecule has 4 heteroatoms. The zero-order valence-corrected chi connectivity index (χ0v) is 13.9. The van der Waals surface area contributed by atoms with Gasteiger partial charge >= 0.3 is 11.9 Å². The van der Waals surface area contributed by atoms with Crippen molar-refractivity contribution in [2.45, 2.75) is 31.3 Å². The van der Waals surface area contributed by atoms with Crippen LogP contribution in [-0.4, -0.2) is 17.0 Å². The van der Waals surface area contributed by atoms with Crippen molar-refractivity contribution in [3.05, 3.63) is 83.4 Å². The van der Waals surface area contributed by atoms with Crippen LogP contribution in [0.4, 0.5) is 0 Å². The van der Waals surface area contributed by atoms with Crippen molar-refractivity contribution in [2.24, 2.45) is 0 Å². The minimum atomic E-state index is -0.939. The molecule has 1 atom stereocenters. The molecule has 4 nitrogen and oxygen atoms in total. The Bertz CT molecular complexity index is 780. The molecular weight excluding hydrogens is 316 g/mol. The largest absolute Gasteiger partial charge is 0.481 e. The van der Waals surface area contributed by atoms with Gasteiger partial charge in [0, 0.05) is 12.5 Å². The van der Waals surface area contributed by atoms with E-state index in [-0.39, 0.29) is 6.42 Å². The molecule has 1 heterocycles. The van der Waals surface area contributed by atoms with Crippen LogP contribution in [0.1, 0.15) is 30.4 Å². The first-order chi connectivity index (χ1) is 12.1. The fraction of sp³-hybridized carbons (Fsp3) is 0.238. The molecule has 0 fully saturated rings. The first-order valence-corrected chi connectivity index (χ1v) is 8.31. The van der Waals surface area contributed by atoms with E-state index in [2.05, 4.69) is 0 Å². The van der Waals surface area contributed by atoms with E-state index < -0.39 is 17.5 Å². The summed E-state index contributed by atoms with van der Waals surface area (Å²) in [4.78, 5) is 23.3. The highest BCUT2D eigenvalue weighted by molar-refractivity contribution is 5.86. The smallest absolute Gasteiger partial charge is 0.331 e. The Morgan fingerprint density at radius 1 is 1.04 bits per heavy atom. The van der Waals surface area contributed by atoms with E-state index in [1.807, 2.05) is 60.7 Å². The van der Waals surface area contributed by atoms with Crippen LogP contribution in [0.15, 0.2) is 72.3 Å². The van der Waals surface area contributed by atoms with E-state index in [1.165, 1.54) is 6.08 Å². The summed E-state index contributed by atoms with van der Waals surface area (Å²) < 4.78 is 5.79. The number of ether oxygens (including phenoxy) is 1. The monoisotopic (exact) mass is 336 g/mol. The van der Waals surface area contributed by atoms with Crippen LogP contribution in [0.5, 0.6) is 0 Å². The number of cyclic esters (lactones) is 1. The summed E-state index contributed by atoms with van der Waals surface area (Å²) in [5.41, 5.74) is 1.83. The van der Waals surface area contributed by atoms with Crippen LogP contribution >= 0.6 is 0 Å². The minimum Gasteiger partial charge on any atom is -0.481 e. The Balaban J connectivity index is 1.91. The lowest BCUT2D eigenvalue weighted by Gasteiger charge is -2.37. The summed E-state index contributed by atoms with van der Waals surface area (Å²) in [6.07, 6.45) is 2.92. The molecule has 0 saturated heterocycles. The van der Waals surface area contributed by atoms with Crippen LogP contribution in [-0.2, 0) is 26.3 Å². The number of hydrogen-bond donors (Lipinski definition) is 1. The number of aryl methyl sites for hydroxylation is 1. The molecule has 0 amide bonds. The lowest BCUT2D eigenvalue weighted by molar-refractivity contribution is -0.158. The number of aliphatic carboxylic acids is 1. The Morgan fingerprint density at radius 3 is 2.32 bits per heavy atom. The average molecular weight is 336 g/mol. The predicted molar refractivity (Wildman–Crippen MR) is 93.9 cm³/mol. The maximum absolute atomic E-state index is 12.2. The zero-order chi connectivity index (χ0) is 17.7. The molecule has 1 N–H and O–H groups in total. The molecule has 128 valence electrons. The molecule has 0 saturated carbocycles. The fourth-order valence-corrected chi connectivity index (χ4v) is 3.33. The van der Waals surface area contributed by atoms with Crippen molar-refractivity contribution in [1.82, 2.24) is 0 Å². The van der Waals surface area contributed by atoms with E-state index in [0.29, 0.717) is 18.4 Å². The highest BCUT2D eigenvalue weighted by Crippen LogP contribution is 2.40. The van der Waals surface area contributed by atoms with Crippen LogP contribution in [0, 0.1) is 0 Å². The molecule has 0 aliphatic carbocycles. The van der Waals surface area contributed by atoms with E-state index >= 15 is 0 Å². The first-order valence-electron chi connectivity index (χ1n) is 8.31. The number of carbonyl (C=O) groups is 2. The first kappa shape index (κ1) is 17.0. The lowest BCUT2D eigenvalue weighted by atomic mass is 9.80. The third-order valence-corrected chi connectivity index (χ3v) is 4.47. The molecule has 0 bridgehead atoms. The van der Waals surface area contributed by atoms with Crippen molar-refractivity contribution >= 4 is 11.9 Å². The quantitative estimate of drug-likeness (QED) is 0.814. The SMILES string of the molecule is O=C(O)CC1=CC(=O)OC(CCc2ccccc2)(c2ccccc2)C1. The molecular formula is C21H20O4. The normalized spacial score (nSPS) is 19.8. The second-order valence-electron chi connectivity index (χ2n) is 6.32. The Hall–Kier alpha value is -2.88. The summed E-state index contributed by atoms with van der Waals surface area (Å²) in [5.74, 6) is -1.41. The van der Waals surface area contributed by atoms with Crippen molar-refractivity contribution in [1.29, 1.82) is 0 Å². The van der Waals surface area contributed by atoms with Crippen molar-refractivity contribution in [3.8, 4) is 0 Å². The summed E-state index contributed by atoms with van der Waals surface area (Å²) in [6, 6.07) is 19.6. The second kappa shape index (κ2) is 7.34. The maximum atomic E-state index is 12.2. The number of esters is 1. The van der Waals surface area contributed by atoms with Gasteiger partial charge in [0.1, 0.15) is 5.60 Å². The van der Waals surface area contributed by atoms with E-state index in [9.17, 15) is 9.59 Å². The van der Waals surface area contributed by atoms with Gasteiger partial charge in [-0.25, -0.2) is 4.79 Å². The fourth-order valence-electron chi connectivity index (χ4n) is 3.33. The van der Waals surface area contributed by atoms with Gasteiger partial charge in [-0.1, -0.05) is 60.7 Å². The van der Waals surface area contributed by atoms with Gasteiger partial charge in [0.25, 0.3) is 0 Å². The average Bonchev–Trinajstić information content (AvgIpc) is 2.61. The standard InChI is InChI=1S/C21H20O4/c22-19(23)13-17-14-20(24)25-21(15-17,18-9-5-2-6-10-18)12-11-16-7-3-1-4-8-16/h1-10,14H,11-13,15H2,(H,22,23). The number of carbonyl (C=O) groups excluding carboxylic acids is 1. The Kier molecular flexibility index (Phi) is 4.98. The number of carboxylic acid groups (broad SMARTS) is 1. The second-order valence-corrected chi connectivity index (χ2v) is 6.32. The van der Waals surface area contributed by atoms with Gasteiger partial charge in [0.05, 0.1) is 6.42 Å². The molecule has 1 aliphatic rings. The van der Waals surface area contributed by atoms with Gasteiger partial charge in [0.2, 0.25) is 0 Å². The highest BCUT2D eigenvalue weighted by atomic mass is 16.6. The third-order valence-electron chi connectivity index (χ3n) is 4.47. The summed E-state index contributed by atoms with van der Waals surface area (Å²) >= 11 is 0. The number of rotatable bonds is 6. The molecule has 2 aromatic carbocycles. The van der Waals surface area contributed by atoms with Crippen LogP contribution in [0.25, 0.3) is 0 Å². The Labute approximate surface area is 146 Å². The van der Waals surface area contributed by atoms with Crippen LogP contribution in [0.3, 0.4) is 0 Å². The van der Waals surface area contributed by atoms with Gasteiger partial charge in [-0.05, 0) is 29.5 Å². The third kappa shape index (κ3) is 4.15. The van der Waals surface area contributed by atoms with Crippen LogP contribution < -0.4 is 0 Å². The molecule has 1 unspecified atom stereocenters. The zero-order valence-electron chi connectivity index (χ0n) is 13.9. The number of carboxylic acids is 1. The van der Waals surface area contributed by atoms with Crippen molar-refractivity contribution in [2.75, 3.05) is 0 Å². The van der Waals surface area contributed by atoms with Gasteiger partial charge < -0.3 is 9.84 Å². The topological polar surface area (TPSA) is 63.6 Å².